The Morgan fingerprint density at radius 1 is 1.62 bits per heavy atom. The van der Waals surface area contributed by atoms with E-state index in [4.69, 9.17) is 14.6 Å². The molecule has 2 atom stereocenters. The fraction of sp³-hybridized carbons (Fsp3) is 1.00. The molecular formula is C5H10O3. The zero-order chi connectivity index (χ0) is 5.98. The van der Waals surface area contributed by atoms with Gasteiger partial charge in [-0.3, -0.25) is 0 Å². The average Bonchev–Trinajstić information content (AvgIpc) is 1.64. The molecule has 8 heavy (non-hydrogen) atoms. The molecule has 0 aromatic heterocycles. The lowest BCUT2D eigenvalue weighted by atomic mass is 10.4. The van der Waals surface area contributed by atoms with Crippen molar-refractivity contribution >= 4 is 0 Å². The van der Waals surface area contributed by atoms with Crippen LogP contribution in [0.2, 0.25) is 0 Å². The molecular weight excluding hydrogens is 108 g/mol. The van der Waals surface area contributed by atoms with Crippen LogP contribution in [0, 0.1) is 0 Å². The maximum atomic E-state index is 8.78. The molecule has 3 nitrogen and oxygen atoms in total. The Kier molecular flexibility index (Phi) is 1.83. The predicted octanol–water partition coefficient (Wildman–Crippen LogP) is 0.0877. The van der Waals surface area contributed by atoms with Crippen molar-refractivity contribution in [1.29, 1.82) is 0 Å². The summed E-state index contributed by atoms with van der Waals surface area (Å²) in [4.78, 5) is 0. The van der Waals surface area contributed by atoms with E-state index >= 15 is 0 Å². The molecule has 0 spiro atoms. The minimum atomic E-state index is -0.612. The third-order valence-electron chi connectivity index (χ3n) is 1.07. The fourth-order valence-electron chi connectivity index (χ4n) is 0.663. The van der Waals surface area contributed by atoms with Gasteiger partial charge in [0, 0.05) is 6.42 Å². The summed E-state index contributed by atoms with van der Waals surface area (Å²) < 4.78 is 9.79. The minimum absolute atomic E-state index is 0.237. The van der Waals surface area contributed by atoms with Crippen LogP contribution >= 0.6 is 0 Å². The van der Waals surface area contributed by atoms with Gasteiger partial charge in [-0.05, 0) is 6.92 Å². The van der Waals surface area contributed by atoms with E-state index in [1.54, 1.807) is 6.92 Å². The summed E-state index contributed by atoms with van der Waals surface area (Å²) >= 11 is 0. The van der Waals surface area contributed by atoms with E-state index in [1.807, 2.05) is 0 Å². The van der Waals surface area contributed by atoms with Crippen LogP contribution in [0.4, 0.5) is 0 Å². The first-order valence-electron chi connectivity index (χ1n) is 2.74. The van der Waals surface area contributed by atoms with Crippen molar-refractivity contribution in [3.63, 3.8) is 0 Å². The van der Waals surface area contributed by atoms with Crippen LogP contribution < -0.4 is 0 Å². The summed E-state index contributed by atoms with van der Waals surface area (Å²) in [5.74, 6) is 0. The minimum Gasteiger partial charge on any atom is -0.368 e. The van der Waals surface area contributed by atoms with E-state index in [1.165, 1.54) is 0 Å². The monoisotopic (exact) mass is 118 g/mol. The Morgan fingerprint density at radius 3 is 2.75 bits per heavy atom. The van der Waals surface area contributed by atoms with Crippen molar-refractivity contribution in [3.8, 4) is 0 Å². The third-order valence-corrected chi connectivity index (χ3v) is 1.07. The highest BCUT2D eigenvalue weighted by molar-refractivity contribution is 4.48. The Labute approximate surface area is 48.2 Å². The van der Waals surface area contributed by atoms with Crippen LogP contribution in [0.3, 0.4) is 0 Å². The summed E-state index contributed by atoms with van der Waals surface area (Å²) in [6.07, 6.45) is -0.262. The summed E-state index contributed by atoms with van der Waals surface area (Å²) in [6.45, 7) is 2.37. The number of rotatable bonds is 0. The fourth-order valence-corrected chi connectivity index (χ4v) is 0.663. The highest BCUT2D eigenvalue weighted by Crippen LogP contribution is 2.08. The molecule has 0 bridgehead atoms. The van der Waals surface area contributed by atoms with Gasteiger partial charge in [0.1, 0.15) is 0 Å². The quantitative estimate of drug-likeness (QED) is 0.490. The second-order valence-electron chi connectivity index (χ2n) is 1.82. The Hall–Kier alpha value is -0.120. The zero-order valence-electron chi connectivity index (χ0n) is 4.83. The number of ether oxygens (including phenoxy) is 2. The normalized spacial score (nSPS) is 39.8. The van der Waals surface area contributed by atoms with Crippen LogP contribution in [-0.2, 0) is 9.47 Å². The molecule has 0 saturated carbocycles. The van der Waals surface area contributed by atoms with E-state index in [2.05, 4.69) is 0 Å². The van der Waals surface area contributed by atoms with Crippen LogP contribution in [0.1, 0.15) is 13.3 Å². The maximum Gasteiger partial charge on any atom is 0.159 e. The molecule has 1 saturated heterocycles. The maximum absolute atomic E-state index is 8.78. The molecule has 1 aliphatic heterocycles. The molecule has 0 amide bonds. The lowest BCUT2D eigenvalue weighted by Gasteiger charge is -2.23. The van der Waals surface area contributed by atoms with Crippen LogP contribution in [-0.4, -0.2) is 24.3 Å². The highest BCUT2D eigenvalue weighted by Gasteiger charge is 2.15. The summed E-state index contributed by atoms with van der Waals surface area (Å²) in [7, 11) is 0. The van der Waals surface area contributed by atoms with Gasteiger partial charge in [0.15, 0.2) is 12.6 Å². The van der Waals surface area contributed by atoms with Crippen molar-refractivity contribution < 1.29 is 14.6 Å². The van der Waals surface area contributed by atoms with E-state index in [9.17, 15) is 0 Å². The molecule has 0 radical (unpaired) electrons. The molecule has 0 aromatic rings. The largest absolute Gasteiger partial charge is 0.368 e. The van der Waals surface area contributed by atoms with Gasteiger partial charge >= 0.3 is 0 Å². The van der Waals surface area contributed by atoms with Crippen LogP contribution in [0.15, 0.2) is 0 Å². The molecule has 3 heteroatoms. The topological polar surface area (TPSA) is 38.7 Å². The van der Waals surface area contributed by atoms with Crippen molar-refractivity contribution in [2.75, 3.05) is 6.61 Å². The van der Waals surface area contributed by atoms with Gasteiger partial charge in [0.25, 0.3) is 0 Å². The number of aliphatic hydroxyl groups excluding tert-OH is 1. The first-order chi connectivity index (χ1) is 3.79. The van der Waals surface area contributed by atoms with Gasteiger partial charge in [-0.25, -0.2) is 0 Å². The molecule has 0 aromatic carbocycles. The Balaban J connectivity index is 2.23. The molecule has 0 aliphatic carbocycles. The van der Waals surface area contributed by atoms with Crippen molar-refractivity contribution in [2.24, 2.45) is 0 Å². The zero-order valence-corrected chi connectivity index (χ0v) is 4.83. The summed E-state index contributed by atoms with van der Waals surface area (Å²) in [6, 6.07) is 0. The molecule has 1 rings (SSSR count). The third kappa shape index (κ3) is 1.43. The lowest BCUT2D eigenvalue weighted by Crippen LogP contribution is -2.29. The Morgan fingerprint density at radius 2 is 2.38 bits per heavy atom. The summed E-state index contributed by atoms with van der Waals surface area (Å²) in [5, 5.41) is 8.78. The second kappa shape index (κ2) is 2.44. The van der Waals surface area contributed by atoms with E-state index in [0.29, 0.717) is 13.0 Å². The molecule has 1 heterocycles. The SMILES string of the molecule is CC1OCCC(O)O1. The standard InChI is InChI=1S/C5H10O3/c1-4-7-3-2-5(6)8-4/h4-6H,2-3H2,1H3. The van der Waals surface area contributed by atoms with Crippen molar-refractivity contribution in [1.82, 2.24) is 0 Å². The van der Waals surface area contributed by atoms with Gasteiger partial charge in [0.05, 0.1) is 6.61 Å². The van der Waals surface area contributed by atoms with E-state index in [-0.39, 0.29) is 6.29 Å². The van der Waals surface area contributed by atoms with Crippen molar-refractivity contribution in [3.05, 3.63) is 0 Å². The van der Waals surface area contributed by atoms with Gasteiger partial charge in [-0.15, -0.1) is 0 Å². The average molecular weight is 118 g/mol. The van der Waals surface area contributed by atoms with Crippen molar-refractivity contribution in [2.45, 2.75) is 25.9 Å². The lowest BCUT2D eigenvalue weighted by molar-refractivity contribution is -0.262. The van der Waals surface area contributed by atoms with E-state index < -0.39 is 6.29 Å². The van der Waals surface area contributed by atoms with E-state index in [0.717, 1.165) is 0 Å². The molecule has 1 N–H and O–H groups in total. The molecule has 1 fully saturated rings. The predicted molar refractivity (Wildman–Crippen MR) is 27.1 cm³/mol. The molecule has 48 valence electrons. The van der Waals surface area contributed by atoms with Crippen LogP contribution in [0.25, 0.3) is 0 Å². The Bertz CT molecular complexity index is 66.1. The molecule has 2 unspecified atom stereocenters. The van der Waals surface area contributed by atoms with Gasteiger partial charge in [-0.1, -0.05) is 0 Å². The molecule has 1 aliphatic rings. The number of aliphatic hydroxyl groups is 1. The number of hydrogen-bond donors (Lipinski definition) is 1. The van der Waals surface area contributed by atoms with Gasteiger partial charge < -0.3 is 14.6 Å². The summed E-state index contributed by atoms with van der Waals surface area (Å²) in [5.41, 5.74) is 0. The number of hydrogen-bond acceptors (Lipinski definition) is 3. The first-order valence-corrected chi connectivity index (χ1v) is 2.74. The van der Waals surface area contributed by atoms with Gasteiger partial charge in [0.2, 0.25) is 0 Å². The van der Waals surface area contributed by atoms with Gasteiger partial charge in [-0.2, -0.15) is 0 Å². The highest BCUT2D eigenvalue weighted by atomic mass is 16.7. The van der Waals surface area contributed by atoms with Crippen LogP contribution in [0.5, 0.6) is 0 Å². The first kappa shape index (κ1) is 6.01. The second-order valence-corrected chi connectivity index (χ2v) is 1.82. The smallest absolute Gasteiger partial charge is 0.159 e.